The average Bonchev–Trinajstić information content (AvgIpc) is 2.70. The van der Waals surface area contributed by atoms with Crippen molar-refractivity contribution in [2.24, 2.45) is 5.92 Å². The molecule has 0 aromatic carbocycles. The molecule has 0 aliphatic heterocycles. The van der Waals surface area contributed by atoms with Crippen molar-refractivity contribution >= 4 is 0 Å². The second-order valence-corrected chi connectivity index (χ2v) is 5.03. The van der Waals surface area contributed by atoms with Crippen molar-refractivity contribution in [3.63, 3.8) is 0 Å². The Morgan fingerprint density at radius 3 is 2.59 bits per heavy atom. The number of aryl methyl sites for hydroxylation is 2. The minimum absolute atomic E-state index is 0.591. The number of rotatable bonds is 7. The summed E-state index contributed by atoms with van der Waals surface area (Å²) in [7, 11) is 2.03. The maximum atomic E-state index is 4.60. The summed E-state index contributed by atoms with van der Waals surface area (Å²) in [6.07, 6.45) is 3.38. The van der Waals surface area contributed by atoms with Crippen LogP contribution in [0, 0.1) is 5.92 Å². The second kappa shape index (κ2) is 6.80. The van der Waals surface area contributed by atoms with Gasteiger partial charge in [-0.15, -0.1) is 0 Å². The normalized spacial score (nSPS) is 14.9. The van der Waals surface area contributed by atoms with E-state index in [0.717, 1.165) is 19.4 Å². The molecule has 1 aromatic rings. The van der Waals surface area contributed by atoms with Crippen LogP contribution >= 0.6 is 0 Å². The van der Waals surface area contributed by atoms with Crippen LogP contribution in [0.15, 0.2) is 6.07 Å². The highest BCUT2D eigenvalue weighted by molar-refractivity contribution is 5.11. The molecule has 1 heterocycles. The zero-order valence-electron chi connectivity index (χ0n) is 12.0. The summed E-state index contributed by atoms with van der Waals surface area (Å²) in [5.74, 6) is 0.698. The van der Waals surface area contributed by atoms with Crippen LogP contribution in [-0.4, -0.2) is 22.9 Å². The molecule has 1 aromatic heterocycles. The fraction of sp³-hybridized carbons (Fsp3) is 0.786. The van der Waals surface area contributed by atoms with E-state index in [1.54, 1.807) is 0 Å². The molecule has 0 saturated carbocycles. The fourth-order valence-electron chi connectivity index (χ4n) is 2.29. The summed E-state index contributed by atoms with van der Waals surface area (Å²) in [5.41, 5.74) is 2.61. The fourth-order valence-corrected chi connectivity index (χ4v) is 2.29. The van der Waals surface area contributed by atoms with E-state index in [2.05, 4.69) is 48.9 Å². The predicted molar refractivity (Wildman–Crippen MR) is 73.3 cm³/mol. The van der Waals surface area contributed by atoms with Gasteiger partial charge in [0, 0.05) is 18.3 Å². The van der Waals surface area contributed by atoms with Gasteiger partial charge in [-0.1, -0.05) is 13.8 Å². The van der Waals surface area contributed by atoms with E-state index < -0.39 is 0 Å². The zero-order valence-corrected chi connectivity index (χ0v) is 12.0. The summed E-state index contributed by atoms with van der Waals surface area (Å²) in [6.45, 7) is 9.87. The Morgan fingerprint density at radius 1 is 1.35 bits per heavy atom. The van der Waals surface area contributed by atoms with Crippen LogP contribution in [-0.2, 0) is 19.4 Å². The lowest BCUT2D eigenvalue weighted by Gasteiger charge is -2.16. The van der Waals surface area contributed by atoms with E-state index in [9.17, 15) is 0 Å². The molecular formula is C14H27N3. The SMILES string of the molecule is CCc1cc(CC(C)CC(C)NC)n(CC)n1. The van der Waals surface area contributed by atoms with Crippen LogP contribution in [0.2, 0.25) is 0 Å². The van der Waals surface area contributed by atoms with Gasteiger partial charge in [-0.05, 0) is 52.1 Å². The number of aromatic nitrogens is 2. The predicted octanol–water partition coefficient (Wildman–Crippen LogP) is 2.64. The summed E-state index contributed by atoms with van der Waals surface area (Å²) in [6, 6.07) is 2.86. The topological polar surface area (TPSA) is 29.9 Å². The van der Waals surface area contributed by atoms with Gasteiger partial charge in [0.05, 0.1) is 5.69 Å². The minimum atomic E-state index is 0.591. The molecule has 2 unspecified atom stereocenters. The number of nitrogens with zero attached hydrogens (tertiary/aromatic N) is 2. The van der Waals surface area contributed by atoms with Gasteiger partial charge >= 0.3 is 0 Å². The summed E-state index contributed by atoms with van der Waals surface area (Å²) in [4.78, 5) is 0. The molecule has 3 heteroatoms. The standard InChI is InChI=1S/C14H27N3/c1-6-13-10-14(17(7-2)16-13)9-11(3)8-12(4)15-5/h10-12,15H,6-9H2,1-5H3. The van der Waals surface area contributed by atoms with Gasteiger partial charge in [-0.2, -0.15) is 5.10 Å². The first-order valence-electron chi connectivity index (χ1n) is 6.83. The lowest BCUT2D eigenvalue weighted by atomic mass is 9.97. The van der Waals surface area contributed by atoms with Crippen LogP contribution in [0.25, 0.3) is 0 Å². The Hall–Kier alpha value is -0.830. The molecular weight excluding hydrogens is 210 g/mol. The van der Waals surface area contributed by atoms with Gasteiger partial charge in [0.1, 0.15) is 0 Å². The molecule has 1 rings (SSSR count). The van der Waals surface area contributed by atoms with Crippen molar-refractivity contribution < 1.29 is 0 Å². The van der Waals surface area contributed by atoms with Gasteiger partial charge in [-0.3, -0.25) is 4.68 Å². The Bertz CT molecular complexity index is 330. The third kappa shape index (κ3) is 4.15. The molecule has 0 radical (unpaired) electrons. The Balaban J connectivity index is 2.63. The molecule has 0 spiro atoms. The van der Waals surface area contributed by atoms with Crippen molar-refractivity contribution in [1.29, 1.82) is 0 Å². The van der Waals surface area contributed by atoms with Crippen LogP contribution in [0.1, 0.15) is 45.5 Å². The number of nitrogens with one attached hydrogen (secondary N) is 1. The lowest BCUT2D eigenvalue weighted by molar-refractivity contribution is 0.428. The van der Waals surface area contributed by atoms with Gasteiger partial charge < -0.3 is 5.32 Å². The van der Waals surface area contributed by atoms with Crippen LogP contribution in [0.3, 0.4) is 0 Å². The average molecular weight is 237 g/mol. The molecule has 17 heavy (non-hydrogen) atoms. The monoisotopic (exact) mass is 237 g/mol. The van der Waals surface area contributed by atoms with Gasteiger partial charge in [0.15, 0.2) is 0 Å². The number of hydrogen-bond donors (Lipinski definition) is 1. The summed E-state index contributed by atoms with van der Waals surface area (Å²) >= 11 is 0. The van der Waals surface area contributed by atoms with E-state index in [1.165, 1.54) is 17.8 Å². The minimum Gasteiger partial charge on any atom is -0.317 e. The van der Waals surface area contributed by atoms with E-state index >= 15 is 0 Å². The summed E-state index contributed by atoms with van der Waals surface area (Å²) < 4.78 is 2.15. The quantitative estimate of drug-likeness (QED) is 0.790. The maximum Gasteiger partial charge on any atom is 0.0624 e. The Labute approximate surface area is 106 Å². The maximum absolute atomic E-state index is 4.60. The molecule has 3 nitrogen and oxygen atoms in total. The highest BCUT2D eigenvalue weighted by Gasteiger charge is 2.12. The molecule has 0 amide bonds. The smallest absolute Gasteiger partial charge is 0.0624 e. The largest absolute Gasteiger partial charge is 0.317 e. The third-order valence-corrected chi connectivity index (χ3v) is 3.38. The molecule has 0 fully saturated rings. The van der Waals surface area contributed by atoms with Crippen LogP contribution in [0.5, 0.6) is 0 Å². The van der Waals surface area contributed by atoms with E-state index in [-0.39, 0.29) is 0 Å². The highest BCUT2D eigenvalue weighted by Crippen LogP contribution is 2.15. The van der Waals surface area contributed by atoms with E-state index in [4.69, 9.17) is 0 Å². The lowest BCUT2D eigenvalue weighted by Crippen LogP contribution is -2.24. The van der Waals surface area contributed by atoms with Gasteiger partial charge in [-0.25, -0.2) is 0 Å². The zero-order chi connectivity index (χ0) is 12.8. The number of hydrogen-bond acceptors (Lipinski definition) is 2. The third-order valence-electron chi connectivity index (χ3n) is 3.38. The van der Waals surface area contributed by atoms with Gasteiger partial charge in [0.2, 0.25) is 0 Å². The van der Waals surface area contributed by atoms with Crippen molar-refractivity contribution in [3.8, 4) is 0 Å². The molecule has 0 saturated heterocycles. The molecule has 0 aliphatic rings. The van der Waals surface area contributed by atoms with Crippen molar-refractivity contribution in [3.05, 3.63) is 17.5 Å². The van der Waals surface area contributed by atoms with Crippen LogP contribution < -0.4 is 5.32 Å². The van der Waals surface area contributed by atoms with Crippen molar-refractivity contribution in [2.75, 3.05) is 7.05 Å². The van der Waals surface area contributed by atoms with Crippen LogP contribution in [0.4, 0.5) is 0 Å². The molecule has 98 valence electrons. The first-order chi connectivity index (χ1) is 8.10. The first kappa shape index (κ1) is 14.2. The van der Waals surface area contributed by atoms with Crippen molar-refractivity contribution in [1.82, 2.24) is 15.1 Å². The molecule has 2 atom stereocenters. The Kier molecular flexibility index (Phi) is 5.69. The Morgan fingerprint density at radius 2 is 2.06 bits per heavy atom. The van der Waals surface area contributed by atoms with Gasteiger partial charge in [0.25, 0.3) is 0 Å². The molecule has 1 N–H and O–H groups in total. The molecule has 0 bridgehead atoms. The van der Waals surface area contributed by atoms with E-state index in [0.29, 0.717) is 12.0 Å². The second-order valence-electron chi connectivity index (χ2n) is 5.03. The first-order valence-corrected chi connectivity index (χ1v) is 6.83. The molecule has 0 aliphatic carbocycles. The van der Waals surface area contributed by atoms with E-state index in [1.807, 2.05) is 7.05 Å². The van der Waals surface area contributed by atoms with Crippen molar-refractivity contribution in [2.45, 2.75) is 59.5 Å². The highest BCUT2D eigenvalue weighted by atomic mass is 15.3. The summed E-state index contributed by atoms with van der Waals surface area (Å²) in [5, 5.41) is 7.90.